The summed E-state index contributed by atoms with van der Waals surface area (Å²) in [6, 6.07) is 0. The van der Waals surface area contributed by atoms with E-state index in [1.807, 2.05) is 0 Å². The lowest BCUT2D eigenvalue weighted by Gasteiger charge is -2.24. The van der Waals surface area contributed by atoms with Crippen LogP contribution >= 0.6 is 0 Å². The van der Waals surface area contributed by atoms with Crippen molar-refractivity contribution in [1.29, 1.82) is 0 Å². The molecule has 5 nitrogen and oxygen atoms in total. The van der Waals surface area contributed by atoms with E-state index in [1.54, 1.807) is 4.90 Å². The molecule has 1 aliphatic heterocycles. The van der Waals surface area contributed by atoms with Gasteiger partial charge < -0.3 is 4.90 Å². The maximum atomic E-state index is 11.1. The molecule has 1 fully saturated rings. The molecule has 0 aliphatic carbocycles. The molecule has 1 saturated heterocycles. The average molecular weight is 172 g/mol. The van der Waals surface area contributed by atoms with Gasteiger partial charge in [0.05, 0.1) is 0 Å². The van der Waals surface area contributed by atoms with E-state index >= 15 is 0 Å². The third-order valence-electron chi connectivity index (χ3n) is 1.97. The zero-order chi connectivity index (χ0) is 8.97. The molecule has 1 aliphatic rings. The Morgan fingerprint density at radius 3 is 2.42 bits per heavy atom. The van der Waals surface area contributed by atoms with Crippen molar-refractivity contribution in [3.05, 3.63) is 10.1 Å². The lowest BCUT2D eigenvalue weighted by Crippen LogP contribution is -2.39. The molecule has 0 spiro atoms. The van der Waals surface area contributed by atoms with Crippen LogP contribution in [0, 0.1) is 10.1 Å². The molecule has 1 amide bonds. The number of likely N-dealkylation sites (tertiary alicyclic amines) is 1. The summed E-state index contributed by atoms with van der Waals surface area (Å²) in [5.41, 5.74) is 0. The van der Waals surface area contributed by atoms with Crippen LogP contribution in [0.5, 0.6) is 0 Å². The summed E-state index contributed by atoms with van der Waals surface area (Å²) in [4.78, 5) is 22.1. The first kappa shape index (κ1) is 8.96. The number of nitro groups is 1. The van der Waals surface area contributed by atoms with Crippen molar-refractivity contribution in [3.63, 3.8) is 0 Å². The molecule has 1 rings (SSSR count). The Balaban J connectivity index is 2.34. The highest BCUT2D eigenvalue weighted by Crippen LogP contribution is 2.08. The number of nitrogens with zero attached hydrogens (tertiary/aromatic N) is 2. The van der Waals surface area contributed by atoms with Crippen LogP contribution in [0.15, 0.2) is 0 Å². The minimum atomic E-state index is -0.572. The highest BCUT2D eigenvalue weighted by atomic mass is 16.6. The van der Waals surface area contributed by atoms with E-state index < -0.39 is 11.5 Å². The fourth-order valence-corrected chi connectivity index (χ4v) is 1.35. The van der Waals surface area contributed by atoms with Crippen LogP contribution in [0.1, 0.15) is 19.3 Å². The van der Waals surface area contributed by atoms with Crippen molar-refractivity contribution in [2.75, 3.05) is 19.6 Å². The molecule has 5 heteroatoms. The second kappa shape index (κ2) is 4.04. The van der Waals surface area contributed by atoms with Crippen molar-refractivity contribution in [2.45, 2.75) is 19.3 Å². The first-order valence-corrected chi connectivity index (χ1v) is 4.10. The SMILES string of the molecule is O=C(C[N+](=O)[O-])N1CCCCC1. The molecule has 0 aromatic rings. The molecule has 12 heavy (non-hydrogen) atoms. The van der Waals surface area contributed by atoms with E-state index in [2.05, 4.69) is 0 Å². The maximum absolute atomic E-state index is 11.1. The predicted molar refractivity (Wildman–Crippen MR) is 42.3 cm³/mol. The molecule has 0 radical (unpaired) electrons. The van der Waals surface area contributed by atoms with Gasteiger partial charge in [-0.1, -0.05) is 0 Å². The Bertz CT molecular complexity index is 187. The molecule has 0 saturated carbocycles. The second-order valence-electron chi connectivity index (χ2n) is 2.93. The fourth-order valence-electron chi connectivity index (χ4n) is 1.35. The van der Waals surface area contributed by atoms with Crippen LogP contribution < -0.4 is 0 Å². The van der Waals surface area contributed by atoms with Crippen LogP contribution in [0.3, 0.4) is 0 Å². The molecule has 68 valence electrons. The number of carbonyl (C=O) groups is 1. The molecule has 0 atom stereocenters. The maximum Gasteiger partial charge on any atom is 0.294 e. The number of piperidine rings is 1. The largest absolute Gasteiger partial charge is 0.337 e. The van der Waals surface area contributed by atoms with Crippen molar-refractivity contribution in [1.82, 2.24) is 4.90 Å². The average Bonchev–Trinajstić information content (AvgIpc) is 2.05. The Morgan fingerprint density at radius 1 is 1.33 bits per heavy atom. The van der Waals surface area contributed by atoms with Crippen molar-refractivity contribution in [2.24, 2.45) is 0 Å². The summed E-state index contributed by atoms with van der Waals surface area (Å²) in [6.45, 7) is 0.819. The topological polar surface area (TPSA) is 63.4 Å². The number of rotatable bonds is 2. The Hall–Kier alpha value is -1.13. The zero-order valence-corrected chi connectivity index (χ0v) is 6.86. The molecular weight excluding hydrogens is 160 g/mol. The van der Waals surface area contributed by atoms with E-state index in [9.17, 15) is 14.9 Å². The van der Waals surface area contributed by atoms with Gasteiger partial charge in [0, 0.05) is 18.0 Å². The van der Waals surface area contributed by atoms with Crippen molar-refractivity contribution < 1.29 is 9.72 Å². The second-order valence-corrected chi connectivity index (χ2v) is 2.93. The van der Waals surface area contributed by atoms with Gasteiger partial charge in [0.25, 0.3) is 12.5 Å². The molecule has 1 heterocycles. The van der Waals surface area contributed by atoms with E-state index in [0.29, 0.717) is 13.1 Å². The summed E-state index contributed by atoms with van der Waals surface area (Å²) >= 11 is 0. The van der Waals surface area contributed by atoms with Crippen molar-refractivity contribution >= 4 is 5.91 Å². The summed E-state index contributed by atoms with van der Waals surface area (Å²) in [5.74, 6) is -0.347. The molecule has 0 aromatic heterocycles. The molecule has 0 aromatic carbocycles. The lowest BCUT2D eigenvalue weighted by molar-refractivity contribution is -0.468. The Kier molecular flexibility index (Phi) is 3.01. The summed E-state index contributed by atoms with van der Waals surface area (Å²) < 4.78 is 0. The molecule has 0 N–H and O–H groups in total. The van der Waals surface area contributed by atoms with Gasteiger partial charge in [-0.05, 0) is 19.3 Å². The Morgan fingerprint density at radius 2 is 1.92 bits per heavy atom. The predicted octanol–water partition coefficient (Wildman–Crippen LogP) is 0.276. The van der Waals surface area contributed by atoms with Crippen LogP contribution in [-0.4, -0.2) is 35.4 Å². The monoisotopic (exact) mass is 172 g/mol. The normalized spacial score (nSPS) is 17.5. The van der Waals surface area contributed by atoms with Gasteiger partial charge in [0.15, 0.2) is 0 Å². The fraction of sp³-hybridized carbons (Fsp3) is 0.857. The van der Waals surface area contributed by atoms with Gasteiger partial charge in [-0.3, -0.25) is 14.9 Å². The van der Waals surface area contributed by atoms with Gasteiger partial charge in [-0.2, -0.15) is 0 Å². The molecule has 0 bridgehead atoms. The lowest BCUT2D eigenvalue weighted by atomic mass is 10.1. The zero-order valence-electron chi connectivity index (χ0n) is 6.86. The highest BCUT2D eigenvalue weighted by Gasteiger charge is 2.20. The van der Waals surface area contributed by atoms with Crippen molar-refractivity contribution in [3.8, 4) is 0 Å². The first-order chi connectivity index (χ1) is 5.70. The minimum absolute atomic E-state index is 0.347. The van der Waals surface area contributed by atoms with Crippen LogP contribution in [0.25, 0.3) is 0 Å². The van der Waals surface area contributed by atoms with Crippen LogP contribution in [-0.2, 0) is 4.79 Å². The Labute approximate surface area is 70.5 Å². The number of hydrogen-bond donors (Lipinski definition) is 0. The summed E-state index contributed by atoms with van der Waals surface area (Å²) in [6.07, 6.45) is 3.08. The van der Waals surface area contributed by atoms with E-state index in [4.69, 9.17) is 0 Å². The minimum Gasteiger partial charge on any atom is -0.337 e. The van der Waals surface area contributed by atoms with Crippen LogP contribution in [0.4, 0.5) is 0 Å². The van der Waals surface area contributed by atoms with E-state index in [-0.39, 0.29) is 5.91 Å². The van der Waals surface area contributed by atoms with Gasteiger partial charge in [0.1, 0.15) is 0 Å². The third-order valence-corrected chi connectivity index (χ3v) is 1.97. The van der Waals surface area contributed by atoms with Gasteiger partial charge in [-0.25, -0.2) is 0 Å². The van der Waals surface area contributed by atoms with E-state index in [0.717, 1.165) is 19.3 Å². The number of amides is 1. The highest BCUT2D eigenvalue weighted by molar-refractivity contribution is 5.77. The first-order valence-electron chi connectivity index (χ1n) is 4.10. The smallest absolute Gasteiger partial charge is 0.294 e. The van der Waals surface area contributed by atoms with Crippen LogP contribution in [0.2, 0.25) is 0 Å². The summed E-state index contributed by atoms with van der Waals surface area (Å²) in [5, 5.41) is 10.0. The quantitative estimate of drug-likeness (QED) is 0.443. The molecule has 0 unspecified atom stereocenters. The molecular formula is C7H12N2O3. The standard InChI is InChI=1S/C7H12N2O3/c10-7(6-9(11)12)8-4-2-1-3-5-8/h1-6H2. The van der Waals surface area contributed by atoms with Gasteiger partial charge in [-0.15, -0.1) is 0 Å². The summed E-state index contributed by atoms with van der Waals surface area (Å²) in [7, 11) is 0. The van der Waals surface area contributed by atoms with Gasteiger partial charge in [0.2, 0.25) is 0 Å². The van der Waals surface area contributed by atoms with Gasteiger partial charge >= 0.3 is 0 Å². The number of carbonyl (C=O) groups excluding carboxylic acids is 1. The van der Waals surface area contributed by atoms with E-state index in [1.165, 1.54) is 0 Å². The third kappa shape index (κ3) is 2.48. The number of hydrogen-bond acceptors (Lipinski definition) is 3.